The van der Waals surface area contributed by atoms with Gasteiger partial charge in [0.1, 0.15) is 0 Å². The number of carboxylic acids is 1. The maximum absolute atomic E-state index is 10.7. The van der Waals surface area contributed by atoms with Gasteiger partial charge in [0.05, 0.1) is 13.0 Å². The van der Waals surface area contributed by atoms with E-state index < -0.39 is 5.97 Å². The molecular formula is C16H25NO3. The van der Waals surface area contributed by atoms with Crippen molar-refractivity contribution < 1.29 is 15.0 Å². The first-order valence-electron chi connectivity index (χ1n) is 7.28. The van der Waals surface area contributed by atoms with E-state index in [-0.39, 0.29) is 19.1 Å². The fourth-order valence-electron chi connectivity index (χ4n) is 2.35. The molecule has 112 valence electrons. The second kappa shape index (κ2) is 9.50. The van der Waals surface area contributed by atoms with Gasteiger partial charge < -0.3 is 10.2 Å². The van der Waals surface area contributed by atoms with Crippen molar-refractivity contribution in [3.8, 4) is 0 Å². The molecule has 0 fully saturated rings. The number of aryl methyl sites for hydroxylation is 1. The zero-order valence-electron chi connectivity index (χ0n) is 12.2. The summed E-state index contributed by atoms with van der Waals surface area (Å²) in [5.41, 5.74) is 1.29. The molecule has 1 aromatic carbocycles. The number of aliphatic carboxylic acids is 1. The van der Waals surface area contributed by atoms with Crippen LogP contribution < -0.4 is 0 Å². The van der Waals surface area contributed by atoms with Crippen LogP contribution in [0.25, 0.3) is 0 Å². The lowest BCUT2D eigenvalue weighted by molar-refractivity contribution is -0.137. The maximum Gasteiger partial charge on any atom is 0.304 e. The molecule has 20 heavy (non-hydrogen) atoms. The number of nitrogens with zero attached hydrogens (tertiary/aromatic N) is 1. The molecule has 0 radical (unpaired) electrons. The molecule has 4 nitrogen and oxygen atoms in total. The van der Waals surface area contributed by atoms with Crippen LogP contribution in [0.2, 0.25) is 0 Å². The Morgan fingerprint density at radius 1 is 1.25 bits per heavy atom. The van der Waals surface area contributed by atoms with Crippen LogP contribution in [-0.2, 0) is 11.2 Å². The van der Waals surface area contributed by atoms with E-state index in [0.29, 0.717) is 6.54 Å². The van der Waals surface area contributed by atoms with E-state index in [1.807, 2.05) is 25.1 Å². The van der Waals surface area contributed by atoms with Crippen molar-refractivity contribution in [2.24, 2.45) is 0 Å². The van der Waals surface area contributed by atoms with E-state index in [0.717, 1.165) is 25.8 Å². The highest BCUT2D eigenvalue weighted by Gasteiger charge is 2.16. The molecule has 1 rings (SSSR count). The molecule has 0 saturated heterocycles. The molecular weight excluding hydrogens is 254 g/mol. The minimum absolute atomic E-state index is 0.0603. The summed E-state index contributed by atoms with van der Waals surface area (Å²) in [4.78, 5) is 12.8. The van der Waals surface area contributed by atoms with E-state index in [1.54, 1.807) is 0 Å². The van der Waals surface area contributed by atoms with Crippen molar-refractivity contribution in [3.63, 3.8) is 0 Å². The van der Waals surface area contributed by atoms with Crippen LogP contribution in [0.3, 0.4) is 0 Å². The van der Waals surface area contributed by atoms with Gasteiger partial charge >= 0.3 is 5.97 Å². The number of aliphatic hydroxyl groups is 1. The highest BCUT2D eigenvalue weighted by molar-refractivity contribution is 5.66. The molecule has 1 atom stereocenters. The standard InChI is InChI=1S/C16H25NO3/c1-2-15(13-18)17(12-10-16(19)20)11-6-9-14-7-4-3-5-8-14/h3-5,7-8,15,18H,2,6,9-13H2,1H3,(H,19,20). The quantitative estimate of drug-likeness (QED) is 0.689. The minimum Gasteiger partial charge on any atom is -0.481 e. The summed E-state index contributed by atoms with van der Waals surface area (Å²) in [6, 6.07) is 10.3. The van der Waals surface area contributed by atoms with E-state index in [1.165, 1.54) is 5.56 Å². The fourth-order valence-corrected chi connectivity index (χ4v) is 2.35. The molecule has 0 heterocycles. The predicted octanol–water partition coefficient (Wildman–Crippen LogP) is 2.17. The molecule has 0 aromatic heterocycles. The first kappa shape index (κ1) is 16.7. The first-order chi connectivity index (χ1) is 9.67. The van der Waals surface area contributed by atoms with Crippen molar-refractivity contribution in [1.29, 1.82) is 0 Å². The Hall–Kier alpha value is -1.39. The van der Waals surface area contributed by atoms with Crippen LogP contribution >= 0.6 is 0 Å². The van der Waals surface area contributed by atoms with Crippen molar-refractivity contribution in [1.82, 2.24) is 4.90 Å². The Morgan fingerprint density at radius 2 is 1.95 bits per heavy atom. The van der Waals surface area contributed by atoms with Gasteiger partial charge in [-0.25, -0.2) is 0 Å². The molecule has 2 N–H and O–H groups in total. The number of rotatable bonds is 10. The molecule has 0 saturated carbocycles. The highest BCUT2D eigenvalue weighted by atomic mass is 16.4. The Balaban J connectivity index is 2.44. The molecule has 1 aromatic rings. The van der Waals surface area contributed by atoms with Gasteiger partial charge in [-0.2, -0.15) is 0 Å². The SMILES string of the molecule is CCC(CO)N(CCCc1ccccc1)CCC(=O)O. The van der Waals surface area contributed by atoms with E-state index in [2.05, 4.69) is 17.0 Å². The molecule has 0 aliphatic heterocycles. The summed E-state index contributed by atoms with van der Waals surface area (Å²) in [5, 5.41) is 18.2. The summed E-state index contributed by atoms with van der Waals surface area (Å²) in [6.07, 6.45) is 2.91. The van der Waals surface area contributed by atoms with Crippen molar-refractivity contribution in [2.75, 3.05) is 19.7 Å². The smallest absolute Gasteiger partial charge is 0.304 e. The monoisotopic (exact) mass is 279 g/mol. The van der Waals surface area contributed by atoms with Crippen LogP contribution in [0.1, 0.15) is 31.7 Å². The third-order valence-electron chi connectivity index (χ3n) is 3.56. The van der Waals surface area contributed by atoms with Gasteiger partial charge in [0.25, 0.3) is 0 Å². The van der Waals surface area contributed by atoms with Crippen molar-refractivity contribution >= 4 is 5.97 Å². The van der Waals surface area contributed by atoms with Gasteiger partial charge in [-0.05, 0) is 31.4 Å². The number of hydrogen-bond donors (Lipinski definition) is 2. The lowest BCUT2D eigenvalue weighted by Gasteiger charge is -2.29. The Morgan fingerprint density at radius 3 is 2.50 bits per heavy atom. The third-order valence-corrected chi connectivity index (χ3v) is 3.56. The molecule has 0 bridgehead atoms. The number of benzene rings is 1. The van der Waals surface area contributed by atoms with Crippen molar-refractivity contribution in [2.45, 2.75) is 38.6 Å². The van der Waals surface area contributed by atoms with Crippen LogP contribution in [0.5, 0.6) is 0 Å². The summed E-state index contributed by atoms with van der Waals surface area (Å²) in [6.45, 7) is 3.43. The first-order valence-corrected chi connectivity index (χ1v) is 7.28. The molecule has 0 spiro atoms. The van der Waals surface area contributed by atoms with Crippen LogP contribution in [-0.4, -0.2) is 46.8 Å². The Bertz CT molecular complexity index is 377. The molecule has 0 aliphatic carbocycles. The topological polar surface area (TPSA) is 60.8 Å². The summed E-state index contributed by atoms with van der Waals surface area (Å²) in [5.74, 6) is -0.786. The lowest BCUT2D eigenvalue weighted by atomic mass is 10.1. The van der Waals surface area contributed by atoms with Gasteiger partial charge in [-0.15, -0.1) is 0 Å². The van der Waals surface area contributed by atoms with Gasteiger partial charge in [0, 0.05) is 12.6 Å². The summed E-state index contributed by atoms with van der Waals surface area (Å²) >= 11 is 0. The van der Waals surface area contributed by atoms with Gasteiger partial charge in [0.15, 0.2) is 0 Å². The number of carbonyl (C=O) groups is 1. The summed E-state index contributed by atoms with van der Waals surface area (Å²) < 4.78 is 0. The maximum atomic E-state index is 10.7. The van der Waals surface area contributed by atoms with E-state index >= 15 is 0 Å². The molecule has 0 amide bonds. The van der Waals surface area contributed by atoms with E-state index in [9.17, 15) is 9.90 Å². The third kappa shape index (κ3) is 6.17. The number of carboxylic acid groups (broad SMARTS) is 1. The average Bonchev–Trinajstić information content (AvgIpc) is 2.46. The lowest BCUT2D eigenvalue weighted by Crippen LogP contribution is -2.39. The Labute approximate surface area is 121 Å². The van der Waals surface area contributed by atoms with Crippen LogP contribution in [0.4, 0.5) is 0 Å². The largest absolute Gasteiger partial charge is 0.481 e. The molecule has 4 heteroatoms. The zero-order chi connectivity index (χ0) is 14.8. The second-order valence-corrected chi connectivity index (χ2v) is 5.01. The predicted molar refractivity (Wildman–Crippen MR) is 79.8 cm³/mol. The molecule has 0 aliphatic rings. The highest BCUT2D eigenvalue weighted by Crippen LogP contribution is 2.09. The normalized spacial score (nSPS) is 12.6. The van der Waals surface area contributed by atoms with Gasteiger partial charge in [-0.1, -0.05) is 37.3 Å². The zero-order valence-corrected chi connectivity index (χ0v) is 12.2. The molecule has 1 unspecified atom stereocenters. The Kier molecular flexibility index (Phi) is 7.92. The van der Waals surface area contributed by atoms with E-state index in [4.69, 9.17) is 5.11 Å². The van der Waals surface area contributed by atoms with Crippen LogP contribution in [0, 0.1) is 0 Å². The van der Waals surface area contributed by atoms with Crippen LogP contribution in [0.15, 0.2) is 30.3 Å². The average molecular weight is 279 g/mol. The van der Waals surface area contributed by atoms with Gasteiger partial charge in [-0.3, -0.25) is 9.69 Å². The van der Waals surface area contributed by atoms with Crippen molar-refractivity contribution in [3.05, 3.63) is 35.9 Å². The second-order valence-electron chi connectivity index (χ2n) is 5.01. The number of aliphatic hydroxyl groups excluding tert-OH is 1. The number of hydrogen-bond acceptors (Lipinski definition) is 3. The minimum atomic E-state index is -0.786. The fraction of sp³-hybridized carbons (Fsp3) is 0.562. The summed E-state index contributed by atoms with van der Waals surface area (Å²) in [7, 11) is 0. The van der Waals surface area contributed by atoms with Gasteiger partial charge in [0.2, 0.25) is 0 Å².